The molecule has 0 aliphatic heterocycles. The van der Waals surface area contributed by atoms with E-state index in [1.165, 1.54) is 11.5 Å². The molecule has 0 aliphatic carbocycles. The van der Waals surface area contributed by atoms with Gasteiger partial charge in [-0.15, -0.1) is 10.1 Å². The number of carbonyl (C=O) groups excluding carboxylic acids is 1. The highest BCUT2D eigenvalue weighted by Gasteiger charge is 2.19. The minimum Gasteiger partial charge on any atom is -0.329 e. The lowest BCUT2D eigenvalue weighted by Gasteiger charge is -2.16. The molecule has 3 aromatic rings. The third-order valence-electron chi connectivity index (χ3n) is 3.89. The number of hydrogen-bond acceptors (Lipinski definition) is 7. The van der Waals surface area contributed by atoms with Gasteiger partial charge in [0.1, 0.15) is 6.61 Å². The molecule has 3 rings (SSSR count). The van der Waals surface area contributed by atoms with Crippen molar-refractivity contribution in [2.24, 2.45) is 5.73 Å². The zero-order valence-corrected chi connectivity index (χ0v) is 14.4. The number of aromatic nitrogens is 1. The summed E-state index contributed by atoms with van der Waals surface area (Å²) in [6.45, 7) is 0.00100. The van der Waals surface area contributed by atoms with E-state index in [1.807, 2.05) is 18.2 Å². The fourth-order valence-electron chi connectivity index (χ4n) is 2.54. The van der Waals surface area contributed by atoms with Crippen molar-refractivity contribution in [1.29, 1.82) is 0 Å². The van der Waals surface area contributed by atoms with E-state index < -0.39 is 11.0 Å². The number of hydrogen-bond donors (Lipinski definition) is 2. The van der Waals surface area contributed by atoms with E-state index in [4.69, 9.17) is 5.73 Å². The van der Waals surface area contributed by atoms with Crippen molar-refractivity contribution >= 4 is 33.2 Å². The standard InChI is InChI=1S/C17H16N4O4S/c18-8-15(12-3-1-11(2-4-12)10-25-21(23)24)17(22)20-14-6-5-13-9-19-26-16(13)7-14/h1-7,9,15H,8,10,18H2,(H,20,22)/t15-/m1/s1. The van der Waals surface area contributed by atoms with Crippen LogP contribution in [0, 0.1) is 10.1 Å². The Morgan fingerprint density at radius 1 is 1.31 bits per heavy atom. The SMILES string of the molecule is NC[C@@H](C(=O)Nc1ccc2cnsc2c1)c1ccc(CO[N+](=O)[O-])cc1. The fraction of sp³-hybridized carbons (Fsp3) is 0.176. The van der Waals surface area contributed by atoms with Crippen LogP contribution >= 0.6 is 11.5 Å². The van der Waals surface area contributed by atoms with E-state index in [1.54, 1.807) is 30.5 Å². The molecule has 0 bridgehead atoms. The summed E-state index contributed by atoms with van der Waals surface area (Å²) >= 11 is 1.36. The quantitative estimate of drug-likeness (QED) is 0.486. The van der Waals surface area contributed by atoms with Crippen molar-refractivity contribution in [2.75, 3.05) is 11.9 Å². The van der Waals surface area contributed by atoms with Crippen molar-refractivity contribution < 1.29 is 14.7 Å². The summed E-state index contributed by atoms with van der Waals surface area (Å²) in [5, 5.41) is 13.3. The van der Waals surface area contributed by atoms with Gasteiger partial charge in [0, 0.05) is 23.8 Å². The van der Waals surface area contributed by atoms with Gasteiger partial charge in [-0.25, -0.2) is 0 Å². The van der Waals surface area contributed by atoms with Crippen LogP contribution in [0.15, 0.2) is 48.7 Å². The van der Waals surface area contributed by atoms with E-state index in [0.717, 1.165) is 15.6 Å². The van der Waals surface area contributed by atoms with Crippen LogP contribution in [0.3, 0.4) is 0 Å². The average Bonchev–Trinajstić information content (AvgIpc) is 3.09. The highest BCUT2D eigenvalue weighted by Crippen LogP contribution is 2.24. The van der Waals surface area contributed by atoms with E-state index in [2.05, 4.69) is 14.5 Å². The molecule has 0 radical (unpaired) electrons. The topological polar surface area (TPSA) is 120 Å². The second kappa shape index (κ2) is 7.89. The highest BCUT2D eigenvalue weighted by molar-refractivity contribution is 7.13. The molecule has 8 nitrogen and oxygen atoms in total. The normalized spacial score (nSPS) is 11.9. The average molecular weight is 372 g/mol. The summed E-state index contributed by atoms with van der Waals surface area (Å²) in [6, 6.07) is 12.4. The van der Waals surface area contributed by atoms with Gasteiger partial charge in [0.05, 0.1) is 10.6 Å². The highest BCUT2D eigenvalue weighted by atomic mass is 32.1. The molecule has 1 amide bonds. The summed E-state index contributed by atoms with van der Waals surface area (Å²) in [4.78, 5) is 27.2. The molecule has 0 spiro atoms. The van der Waals surface area contributed by atoms with Crippen LogP contribution in [0.1, 0.15) is 17.0 Å². The molecule has 1 heterocycles. The number of fused-ring (bicyclic) bond motifs is 1. The molecular formula is C17H16N4O4S. The van der Waals surface area contributed by atoms with Gasteiger partial charge in [0.25, 0.3) is 5.09 Å². The van der Waals surface area contributed by atoms with Crippen LogP contribution < -0.4 is 11.1 Å². The first kappa shape index (κ1) is 17.8. The molecule has 1 aromatic heterocycles. The lowest BCUT2D eigenvalue weighted by atomic mass is 9.97. The molecule has 26 heavy (non-hydrogen) atoms. The van der Waals surface area contributed by atoms with Gasteiger partial charge in [-0.1, -0.05) is 24.3 Å². The number of anilines is 1. The van der Waals surface area contributed by atoms with Crippen LogP contribution in [-0.4, -0.2) is 21.9 Å². The molecule has 9 heteroatoms. The van der Waals surface area contributed by atoms with Crippen LogP contribution in [-0.2, 0) is 16.2 Å². The minimum absolute atomic E-state index is 0.137. The summed E-state index contributed by atoms with van der Waals surface area (Å²) in [5.41, 5.74) is 7.84. The smallest absolute Gasteiger partial charge is 0.294 e. The number of nitrogens with zero attached hydrogens (tertiary/aromatic N) is 2. The van der Waals surface area contributed by atoms with E-state index in [9.17, 15) is 14.9 Å². The van der Waals surface area contributed by atoms with Crippen molar-refractivity contribution in [3.63, 3.8) is 0 Å². The zero-order valence-electron chi connectivity index (χ0n) is 13.6. The predicted octanol–water partition coefficient (Wildman–Crippen LogP) is 2.69. The summed E-state index contributed by atoms with van der Waals surface area (Å²) in [7, 11) is 0. The third-order valence-corrected chi connectivity index (χ3v) is 4.66. The van der Waals surface area contributed by atoms with Gasteiger partial charge >= 0.3 is 0 Å². The summed E-state index contributed by atoms with van der Waals surface area (Å²) in [6.07, 6.45) is 1.78. The Morgan fingerprint density at radius 2 is 2.08 bits per heavy atom. The lowest BCUT2D eigenvalue weighted by Crippen LogP contribution is -2.27. The van der Waals surface area contributed by atoms with Gasteiger partial charge in [-0.05, 0) is 40.9 Å². The molecule has 0 unspecified atom stereocenters. The number of benzene rings is 2. The number of amides is 1. The summed E-state index contributed by atoms with van der Waals surface area (Å²) in [5.74, 6) is -0.747. The first-order chi connectivity index (χ1) is 12.6. The van der Waals surface area contributed by atoms with Crippen LogP contribution in [0.25, 0.3) is 10.1 Å². The van der Waals surface area contributed by atoms with E-state index in [0.29, 0.717) is 11.3 Å². The predicted molar refractivity (Wildman–Crippen MR) is 98.3 cm³/mol. The molecule has 0 aliphatic rings. The molecule has 134 valence electrons. The number of carbonyl (C=O) groups is 1. The van der Waals surface area contributed by atoms with Crippen molar-refractivity contribution in [3.8, 4) is 0 Å². The maximum Gasteiger partial charge on any atom is 0.294 e. The van der Waals surface area contributed by atoms with Gasteiger partial charge in [0.2, 0.25) is 5.91 Å². The van der Waals surface area contributed by atoms with Crippen molar-refractivity contribution in [3.05, 3.63) is 69.9 Å². The second-order valence-corrected chi connectivity index (χ2v) is 6.43. The van der Waals surface area contributed by atoms with Gasteiger partial charge < -0.3 is 15.9 Å². The van der Waals surface area contributed by atoms with Crippen LogP contribution in [0.5, 0.6) is 0 Å². The van der Waals surface area contributed by atoms with Gasteiger partial charge in [-0.2, -0.15) is 4.37 Å². The zero-order chi connectivity index (χ0) is 18.5. The largest absolute Gasteiger partial charge is 0.329 e. The number of rotatable bonds is 7. The van der Waals surface area contributed by atoms with Gasteiger partial charge in [-0.3, -0.25) is 4.79 Å². The Bertz CT molecular complexity index is 926. The van der Waals surface area contributed by atoms with Crippen LogP contribution in [0.2, 0.25) is 0 Å². The monoisotopic (exact) mass is 372 g/mol. The molecule has 0 saturated carbocycles. The van der Waals surface area contributed by atoms with Gasteiger partial charge in [0.15, 0.2) is 0 Å². The minimum atomic E-state index is -0.843. The first-order valence-electron chi connectivity index (χ1n) is 7.78. The van der Waals surface area contributed by atoms with E-state index in [-0.39, 0.29) is 19.1 Å². The maximum absolute atomic E-state index is 12.6. The molecule has 2 aromatic carbocycles. The lowest BCUT2D eigenvalue weighted by molar-refractivity contribution is -0.763. The summed E-state index contributed by atoms with van der Waals surface area (Å²) < 4.78 is 5.10. The third kappa shape index (κ3) is 4.13. The Labute approximate surface area is 152 Å². The Hall–Kier alpha value is -3.04. The second-order valence-electron chi connectivity index (χ2n) is 5.59. The number of nitrogens with two attached hydrogens (primary N) is 1. The van der Waals surface area contributed by atoms with Crippen molar-refractivity contribution in [1.82, 2.24) is 4.37 Å². The Kier molecular flexibility index (Phi) is 5.40. The van der Waals surface area contributed by atoms with E-state index >= 15 is 0 Å². The van der Waals surface area contributed by atoms with Crippen molar-refractivity contribution in [2.45, 2.75) is 12.5 Å². The molecular weight excluding hydrogens is 356 g/mol. The fourth-order valence-corrected chi connectivity index (χ4v) is 3.22. The Morgan fingerprint density at radius 3 is 2.77 bits per heavy atom. The Balaban J connectivity index is 1.70. The molecule has 0 fully saturated rings. The molecule has 1 atom stereocenters. The van der Waals surface area contributed by atoms with Crippen LogP contribution in [0.4, 0.5) is 5.69 Å². The molecule has 3 N–H and O–H groups in total. The first-order valence-corrected chi connectivity index (χ1v) is 8.55. The number of nitrogens with one attached hydrogen (secondary N) is 1. The maximum atomic E-state index is 12.6. The molecule has 0 saturated heterocycles.